The summed E-state index contributed by atoms with van der Waals surface area (Å²) >= 11 is 1.62. The van der Waals surface area contributed by atoms with E-state index in [1.54, 1.807) is 11.3 Å². The molecule has 114 valence electrons. The van der Waals surface area contributed by atoms with Gasteiger partial charge in [0.15, 0.2) is 11.5 Å². The second-order valence-electron chi connectivity index (χ2n) is 4.67. The Morgan fingerprint density at radius 3 is 2.71 bits per heavy atom. The molecule has 0 fully saturated rings. The largest absolute Gasteiger partial charge is 0.490 e. The van der Waals surface area contributed by atoms with E-state index in [9.17, 15) is 0 Å². The molecular weight excluding hydrogens is 284 g/mol. The summed E-state index contributed by atoms with van der Waals surface area (Å²) in [5.41, 5.74) is 2.22. The van der Waals surface area contributed by atoms with E-state index in [0.717, 1.165) is 35.3 Å². The molecule has 0 aliphatic carbocycles. The molecule has 0 saturated heterocycles. The average molecular weight is 306 g/mol. The van der Waals surface area contributed by atoms with E-state index in [-0.39, 0.29) is 0 Å². The van der Waals surface area contributed by atoms with E-state index in [1.807, 2.05) is 31.4 Å². The maximum atomic E-state index is 5.85. The SMILES string of the molecule is CCNCc1ccc(OCc2nc(C)cs2)c(OCC)c1. The Hall–Kier alpha value is -1.59. The van der Waals surface area contributed by atoms with Gasteiger partial charge in [-0.2, -0.15) is 0 Å². The second-order valence-corrected chi connectivity index (χ2v) is 5.61. The fraction of sp³-hybridized carbons (Fsp3) is 0.438. The van der Waals surface area contributed by atoms with E-state index >= 15 is 0 Å². The van der Waals surface area contributed by atoms with E-state index in [1.165, 1.54) is 5.56 Å². The Bertz CT molecular complexity index is 569. The number of thiazole rings is 1. The minimum absolute atomic E-state index is 0.477. The molecule has 0 radical (unpaired) electrons. The van der Waals surface area contributed by atoms with Gasteiger partial charge in [0, 0.05) is 17.6 Å². The van der Waals surface area contributed by atoms with Gasteiger partial charge in [-0.15, -0.1) is 11.3 Å². The smallest absolute Gasteiger partial charge is 0.161 e. The number of rotatable bonds is 8. The highest BCUT2D eigenvalue weighted by Crippen LogP contribution is 2.29. The molecule has 0 atom stereocenters. The Morgan fingerprint density at radius 1 is 1.19 bits per heavy atom. The van der Waals surface area contributed by atoms with Crippen LogP contribution in [-0.2, 0) is 13.2 Å². The van der Waals surface area contributed by atoms with Gasteiger partial charge in [0.2, 0.25) is 0 Å². The molecule has 0 bridgehead atoms. The molecule has 1 aromatic carbocycles. The first-order valence-corrected chi connectivity index (χ1v) is 8.11. The van der Waals surface area contributed by atoms with Crippen LogP contribution < -0.4 is 14.8 Å². The molecule has 0 saturated carbocycles. The van der Waals surface area contributed by atoms with Crippen molar-refractivity contribution in [1.29, 1.82) is 0 Å². The third-order valence-electron chi connectivity index (χ3n) is 2.90. The van der Waals surface area contributed by atoms with E-state index in [2.05, 4.69) is 23.3 Å². The molecule has 0 aliphatic rings. The van der Waals surface area contributed by atoms with Crippen LogP contribution >= 0.6 is 11.3 Å². The molecule has 0 spiro atoms. The Morgan fingerprint density at radius 2 is 2.05 bits per heavy atom. The van der Waals surface area contributed by atoms with Gasteiger partial charge >= 0.3 is 0 Å². The molecule has 1 N–H and O–H groups in total. The van der Waals surface area contributed by atoms with Gasteiger partial charge in [0.25, 0.3) is 0 Å². The number of hydrogen-bond acceptors (Lipinski definition) is 5. The highest BCUT2D eigenvalue weighted by Gasteiger charge is 2.08. The first kappa shape index (κ1) is 15.8. The molecule has 5 heteroatoms. The Labute approximate surface area is 130 Å². The fourth-order valence-corrected chi connectivity index (χ4v) is 2.61. The number of nitrogens with one attached hydrogen (secondary N) is 1. The molecule has 0 aliphatic heterocycles. The summed E-state index contributed by atoms with van der Waals surface area (Å²) in [6.45, 7) is 8.94. The van der Waals surface area contributed by atoms with Gasteiger partial charge in [-0.25, -0.2) is 4.98 Å². The molecule has 0 unspecified atom stereocenters. The standard InChI is InChI=1S/C16H22N2O2S/c1-4-17-9-13-6-7-14(15(8-13)19-5-2)20-10-16-18-12(3)11-21-16/h6-8,11,17H,4-5,9-10H2,1-3H3. The third-order valence-corrected chi connectivity index (χ3v) is 3.84. The van der Waals surface area contributed by atoms with Crippen LogP contribution in [0.15, 0.2) is 23.6 Å². The molecule has 0 amide bonds. The lowest BCUT2D eigenvalue weighted by atomic mass is 10.2. The van der Waals surface area contributed by atoms with Crippen molar-refractivity contribution in [3.8, 4) is 11.5 Å². The van der Waals surface area contributed by atoms with Gasteiger partial charge < -0.3 is 14.8 Å². The van der Waals surface area contributed by atoms with E-state index in [4.69, 9.17) is 9.47 Å². The molecule has 2 aromatic rings. The normalized spacial score (nSPS) is 10.6. The van der Waals surface area contributed by atoms with Crippen molar-refractivity contribution in [3.63, 3.8) is 0 Å². The van der Waals surface area contributed by atoms with Crippen LogP contribution in [0.5, 0.6) is 11.5 Å². The zero-order valence-corrected chi connectivity index (χ0v) is 13.6. The van der Waals surface area contributed by atoms with Gasteiger partial charge in [-0.3, -0.25) is 0 Å². The van der Waals surface area contributed by atoms with Crippen LogP contribution in [0.1, 0.15) is 30.1 Å². The molecule has 1 aromatic heterocycles. The quantitative estimate of drug-likeness (QED) is 0.810. The van der Waals surface area contributed by atoms with Crippen LogP contribution in [-0.4, -0.2) is 18.1 Å². The van der Waals surface area contributed by atoms with Crippen molar-refractivity contribution < 1.29 is 9.47 Å². The van der Waals surface area contributed by atoms with Crippen molar-refractivity contribution in [1.82, 2.24) is 10.3 Å². The number of nitrogens with zero attached hydrogens (tertiary/aromatic N) is 1. The van der Waals surface area contributed by atoms with E-state index < -0.39 is 0 Å². The minimum atomic E-state index is 0.477. The lowest BCUT2D eigenvalue weighted by molar-refractivity contribution is 0.268. The summed E-state index contributed by atoms with van der Waals surface area (Å²) in [5, 5.41) is 6.32. The van der Waals surface area contributed by atoms with Crippen LogP contribution in [0, 0.1) is 6.92 Å². The topological polar surface area (TPSA) is 43.4 Å². The number of aryl methyl sites for hydroxylation is 1. The number of aromatic nitrogens is 1. The summed E-state index contributed by atoms with van der Waals surface area (Å²) in [5.74, 6) is 1.56. The zero-order chi connectivity index (χ0) is 15.1. The summed E-state index contributed by atoms with van der Waals surface area (Å²) in [6.07, 6.45) is 0. The van der Waals surface area contributed by atoms with Crippen LogP contribution in [0.3, 0.4) is 0 Å². The Balaban J connectivity index is 2.06. The van der Waals surface area contributed by atoms with E-state index in [0.29, 0.717) is 13.2 Å². The van der Waals surface area contributed by atoms with Gasteiger partial charge in [0.1, 0.15) is 11.6 Å². The summed E-state index contributed by atoms with van der Waals surface area (Å²) in [7, 11) is 0. The number of hydrogen-bond donors (Lipinski definition) is 1. The predicted molar refractivity (Wildman–Crippen MR) is 86.2 cm³/mol. The van der Waals surface area contributed by atoms with Crippen LogP contribution in [0.25, 0.3) is 0 Å². The molecule has 4 nitrogen and oxygen atoms in total. The lowest BCUT2D eigenvalue weighted by Crippen LogP contribution is -2.12. The van der Waals surface area contributed by atoms with Crippen molar-refractivity contribution in [3.05, 3.63) is 39.8 Å². The van der Waals surface area contributed by atoms with Crippen molar-refractivity contribution >= 4 is 11.3 Å². The predicted octanol–water partition coefficient (Wildman–Crippen LogP) is 3.54. The van der Waals surface area contributed by atoms with Crippen molar-refractivity contribution in [2.24, 2.45) is 0 Å². The first-order chi connectivity index (χ1) is 10.2. The molecule has 2 rings (SSSR count). The second kappa shape index (κ2) is 8.00. The highest BCUT2D eigenvalue weighted by molar-refractivity contribution is 7.09. The summed E-state index contributed by atoms with van der Waals surface area (Å²) in [4.78, 5) is 4.40. The van der Waals surface area contributed by atoms with Crippen LogP contribution in [0.2, 0.25) is 0 Å². The van der Waals surface area contributed by atoms with Gasteiger partial charge in [-0.05, 0) is 38.1 Å². The van der Waals surface area contributed by atoms with Gasteiger partial charge in [0.05, 0.1) is 6.61 Å². The molecular formula is C16H22N2O2S. The van der Waals surface area contributed by atoms with Gasteiger partial charge in [-0.1, -0.05) is 13.0 Å². The molecule has 21 heavy (non-hydrogen) atoms. The first-order valence-electron chi connectivity index (χ1n) is 7.23. The average Bonchev–Trinajstić information content (AvgIpc) is 2.90. The van der Waals surface area contributed by atoms with Crippen molar-refractivity contribution in [2.75, 3.05) is 13.2 Å². The maximum Gasteiger partial charge on any atom is 0.161 e. The Kier molecular flexibility index (Phi) is 6.02. The number of benzene rings is 1. The third kappa shape index (κ3) is 4.72. The summed E-state index contributed by atoms with van der Waals surface area (Å²) < 4.78 is 11.5. The van der Waals surface area contributed by atoms with Crippen molar-refractivity contribution in [2.45, 2.75) is 33.9 Å². The summed E-state index contributed by atoms with van der Waals surface area (Å²) in [6, 6.07) is 6.07. The fourth-order valence-electron chi connectivity index (χ4n) is 1.93. The zero-order valence-electron chi connectivity index (χ0n) is 12.8. The van der Waals surface area contributed by atoms with Crippen LogP contribution in [0.4, 0.5) is 0 Å². The monoisotopic (exact) mass is 306 g/mol. The minimum Gasteiger partial charge on any atom is -0.490 e. The maximum absolute atomic E-state index is 5.85. The lowest BCUT2D eigenvalue weighted by Gasteiger charge is -2.13. The number of ether oxygens (including phenoxy) is 2. The molecule has 1 heterocycles. The highest BCUT2D eigenvalue weighted by atomic mass is 32.1.